The van der Waals surface area contributed by atoms with Gasteiger partial charge in [0.2, 0.25) is 0 Å². The Morgan fingerprint density at radius 3 is 2.31 bits per heavy atom. The van der Waals surface area contributed by atoms with E-state index in [1.165, 1.54) is 12.8 Å². The van der Waals surface area contributed by atoms with E-state index in [4.69, 9.17) is 27.9 Å². The Hall–Kier alpha value is -1.71. The molecule has 0 aliphatic heterocycles. The molecule has 2 aromatic carbocycles. The molecule has 0 saturated heterocycles. The van der Waals surface area contributed by atoms with Gasteiger partial charge in [0.25, 0.3) is 5.91 Å². The van der Waals surface area contributed by atoms with Gasteiger partial charge in [-0.25, -0.2) is 0 Å². The molecule has 2 rings (SSSR count). The molecule has 0 N–H and O–H groups in total. The summed E-state index contributed by atoms with van der Waals surface area (Å²) in [5.41, 5.74) is 1.52. The van der Waals surface area contributed by atoms with Crippen molar-refractivity contribution in [2.75, 3.05) is 13.7 Å². The molecule has 0 aliphatic carbocycles. The van der Waals surface area contributed by atoms with Crippen molar-refractivity contribution < 1.29 is 9.53 Å². The number of carbonyl (C=O) groups is 1. The number of carbonyl (C=O) groups excluding carboxylic acids is 1. The van der Waals surface area contributed by atoms with Gasteiger partial charge in [-0.2, -0.15) is 0 Å². The van der Waals surface area contributed by atoms with Gasteiger partial charge in [-0.1, -0.05) is 79.7 Å². The third-order valence-electron chi connectivity index (χ3n) is 4.10. The first-order valence-electron chi connectivity index (χ1n) is 8.94. The molecule has 0 atom stereocenters. The Balaban J connectivity index is 2.02. The molecular formula is C21H25Cl2NO2. The SMILES string of the molecule is CCCCCCOc1c(Cl)cc(C(=O)N(C)Cc2ccccc2)cc1Cl. The summed E-state index contributed by atoms with van der Waals surface area (Å²) in [5.74, 6) is 0.319. The number of hydrogen-bond acceptors (Lipinski definition) is 2. The van der Waals surface area contributed by atoms with Crippen LogP contribution in [0.1, 0.15) is 48.5 Å². The molecule has 3 nitrogen and oxygen atoms in total. The monoisotopic (exact) mass is 393 g/mol. The summed E-state index contributed by atoms with van der Waals surface area (Å²) in [6.45, 7) is 3.25. The molecule has 0 bridgehead atoms. The van der Waals surface area contributed by atoms with Crippen molar-refractivity contribution in [3.05, 3.63) is 63.6 Å². The number of ether oxygens (including phenoxy) is 1. The smallest absolute Gasteiger partial charge is 0.254 e. The maximum absolute atomic E-state index is 12.7. The Labute approximate surface area is 165 Å². The van der Waals surface area contributed by atoms with Crippen LogP contribution in [0.25, 0.3) is 0 Å². The Morgan fingerprint density at radius 1 is 1.04 bits per heavy atom. The fourth-order valence-corrected chi connectivity index (χ4v) is 3.27. The summed E-state index contributed by atoms with van der Waals surface area (Å²) < 4.78 is 5.72. The highest BCUT2D eigenvalue weighted by Crippen LogP contribution is 2.34. The molecule has 2 aromatic rings. The summed E-state index contributed by atoms with van der Waals surface area (Å²) in [4.78, 5) is 14.3. The lowest BCUT2D eigenvalue weighted by atomic mass is 10.1. The lowest BCUT2D eigenvalue weighted by molar-refractivity contribution is 0.0785. The second kappa shape index (κ2) is 10.4. The van der Waals surface area contributed by atoms with Gasteiger partial charge in [0, 0.05) is 19.2 Å². The molecule has 0 aromatic heterocycles. The number of unbranched alkanes of at least 4 members (excludes halogenated alkanes) is 3. The maximum Gasteiger partial charge on any atom is 0.254 e. The van der Waals surface area contributed by atoms with E-state index in [-0.39, 0.29) is 5.91 Å². The number of rotatable bonds is 9. The third-order valence-corrected chi connectivity index (χ3v) is 4.66. The first-order valence-corrected chi connectivity index (χ1v) is 9.69. The molecule has 26 heavy (non-hydrogen) atoms. The second-order valence-electron chi connectivity index (χ2n) is 6.32. The topological polar surface area (TPSA) is 29.5 Å². The highest BCUT2D eigenvalue weighted by atomic mass is 35.5. The van der Waals surface area contributed by atoms with E-state index in [0.717, 1.165) is 18.4 Å². The number of hydrogen-bond donors (Lipinski definition) is 0. The zero-order valence-corrected chi connectivity index (χ0v) is 16.8. The van der Waals surface area contributed by atoms with E-state index in [0.29, 0.717) is 34.5 Å². The number of halogens is 2. The quantitative estimate of drug-likeness (QED) is 0.472. The minimum absolute atomic E-state index is 0.132. The average molecular weight is 394 g/mol. The molecule has 0 saturated carbocycles. The van der Waals surface area contributed by atoms with Crippen LogP contribution in [0, 0.1) is 0 Å². The average Bonchev–Trinajstić information content (AvgIpc) is 2.63. The Morgan fingerprint density at radius 2 is 1.69 bits per heavy atom. The third kappa shape index (κ3) is 5.93. The minimum Gasteiger partial charge on any atom is -0.490 e. The highest BCUT2D eigenvalue weighted by Gasteiger charge is 2.17. The summed E-state index contributed by atoms with van der Waals surface area (Å²) >= 11 is 12.6. The van der Waals surface area contributed by atoms with E-state index in [9.17, 15) is 4.79 Å². The van der Waals surface area contributed by atoms with Gasteiger partial charge in [0.15, 0.2) is 5.75 Å². The van der Waals surface area contributed by atoms with Crippen LogP contribution in [0.4, 0.5) is 0 Å². The van der Waals surface area contributed by atoms with Crippen molar-refractivity contribution in [1.29, 1.82) is 0 Å². The first kappa shape index (κ1) is 20.6. The van der Waals surface area contributed by atoms with Crippen molar-refractivity contribution in [3.8, 4) is 5.75 Å². The fourth-order valence-electron chi connectivity index (χ4n) is 2.67. The van der Waals surface area contributed by atoms with Crippen molar-refractivity contribution in [3.63, 3.8) is 0 Å². The van der Waals surface area contributed by atoms with Gasteiger partial charge < -0.3 is 9.64 Å². The van der Waals surface area contributed by atoms with E-state index in [1.54, 1.807) is 24.1 Å². The van der Waals surface area contributed by atoms with E-state index in [1.807, 2.05) is 30.3 Å². The summed E-state index contributed by atoms with van der Waals surface area (Å²) in [5, 5.41) is 0.730. The molecule has 1 amide bonds. The maximum atomic E-state index is 12.7. The summed E-state index contributed by atoms with van der Waals surface area (Å²) in [6, 6.07) is 13.1. The number of nitrogens with zero attached hydrogens (tertiary/aromatic N) is 1. The van der Waals surface area contributed by atoms with Crippen molar-refractivity contribution in [2.24, 2.45) is 0 Å². The fraction of sp³-hybridized carbons (Fsp3) is 0.381. The van der Waals surface area contributed by atoms with Gasteiger partial charge in [0.1, 0.15) is 0 Å². The van der Waals surface area contributed by atoms with Crippen molar-refractivity contribution in [1.82, 2.24) is 4.90 Å². The van der Waals surface area contributed by atoms with Gasteiger partial charge in [-0.15, -0.1) is 0 Å². The number of benzene rings is 2. The van der Waals surface area contributed by atoms with Crippen LogP contribution in [0.2, 0.25) is 10.0 Å². The summed E-state index contributed by atoms with van der Waals surface area (Å²) in [7, 11) is 1.76. The van der Waals surface area contributed by atoms with E-state index >= 15 is 0 Å². The van der Waals surface area contributed by atoms with Gasteiger partial charge in [0.05, 0.1) is 16.7 Å². The van der Waals surface area contributed by atoms with Crippen LogP contribution in [-0.4, -0.2) is 24.5 Å². The first-order chi connectivity index (χ1) is 12.5. The van der Waals surface area contributed by atoms with Crippen molar-refractivity contribution in [2.45, 2.75) is 39.2 Å². The molecule has 0 spiro atoms. The zero-order chi connectivity index (χ0) is 18.9. The van der Waals surface area contributed by atoms with Crippen LogP contribution < -0.4 is 4.74 Å². The normalized spacial score (nSPS) is 10.6. The highest BCUT2D eigenvalue weighted by molar-refractivity contribution is 6.37. The molecule has 0 unspecified atom stereocenters. The van der Waals surface area contributed by atoms with Crippen LogP contribution in [0.3, 0.4) is 0 Å². The largest absolute Gasteiger partial charge is 0.490 e. The zero-order valence-electron chi connectivity index (χ0n) is 15.3. The predicted octanol–water partition coefficient (Wildman–Crippen LogP) is 6.22. The number of amides is 1. The molecular weight excluding hydrogens is 369 g/mol. The molecule has 140 valence electrons. The van der Waals surface area contributed by atoms with Crippen LogP contribution >= 0.6 is 23.2 Å². The molecule has 0 heterocycles. The lowest BCUT2D eigenvalue weighted by Crippen LogP contribution is -2.26. The Bertz CT molecular complexity index is 696. The minimum atomic E-state index is -0.132. The molecule has 0 radical (unpaired) electrons. The van der Waals surface area contributed by atoms with Crippen LogP contribution in [0.5, 0.6) is 5.75 Å². The lowest BCUT2D eigenvalue weighted by Gasteiger charge is -2.18. The van der Waals surface area contributed by atoms with Crippen LogP contribution in [-0.2, 0) is 6.54 Å². The van der Waals surface area contributed by atoms with Crippen molar-refractivity contribution >= 4 is 29.1 Å². The predicted molar refractivity (Wildman–Crippen MR) is 108 cm³/mol. The van der Waals surface area contributed by atoms with E-state index < -0.39 is 0 Å². The Kier molecular flexibility index (Phi) is 8.27. The summed E-state index contributed by atoms with van der Waals surface area (Å²) in [6.07, 6.45) is 4.44. The molecule has 0 fully saturated rings. The van der Waals surface area contributed by atoms with Gasteiger partial charge >= 0.3 is 0 Å². The second-order valence-corrected chi connectivity index (χ2v) is 7.14. The molecule has 5 heteroatoms. The van der Waals surface area contributed by atoms with Crippen LogP contribution in [0.15, 0.2) is 42.5 Å². The van der Waals surface area contributed by atoms with Gasteiger partial charge in [-0.3, -0.25) is 4.79 Å². The standard InChI is InChI=1S/C21H25Cl2NO2/c1-3-4-5-9-12-26-20-18(22)13-17(14-19(20)23)21(25)24(2)15-16-10-7-6-8-11-16/h6-8,10-11,13-14H,3-5,9,12,15H2,1-2H3. The van der Waals surface area contributed by atoms with E-state index in [2.05, 4.69) is 6.92 Å². The van der Waals surface area contributed by atoms with Gasteiger partial charge in [-0.05, 0) is 24.1 Å². The molecule has 0 aliphatic rings.